The van der Waals surface area contributed by atoms with E-state index in [9.17, 15) is 9.50 Å². The van der Waals surface area contributed by atoms with Gasteiger partial charge in [0.1, 0.15) is 17.2 Å². The van der Waals surface area contributed by atoms with Crippen molar-refractivity contribution in [3.05, 3.63) is 29.6 Å². The number of ether oxygens (including phenoxy) is 1. The molecule has 0 radical (unpaired) electrons. The molecule has 1 aromatic rings. The van der Waals surface area contributed by atoms with Gasteiger partial charge in [-0.1, -0.05) is 12.8 Å². The summed E-state index contributed by atoms with van der Waals surface area (Å²) in [6.45, 7) is 0. The number of aliphatic hydroxyl groups excluding tert-OH is 1. The molecule has 1 aliphatic carbocycles. The molecule has 0 aromatic heterocycles. The summed E-state index contributed by atoms with van der Waals surface area (Å²) >= 11 is 0. The van der Waals surface area contributed by atoms with Crippen molar-refractivity contribution in [1.82, 2.24) is 0 Å². The van der Waals surface area contributed by atoms with Crippen LogP contribution in [0.5, 0.6) is 5.75 Å². The lowest BCUT2D eigenvalue weighted by Crippen LogP contribution is -2.40. The summed E-state index contributed by atoms with van der Waals surface area (Å²) in [4.78, 5) is 0. The third-order valence-electron chi connectivity index (χ3n) is 4.24. The van der Waals surface area contributed by atoms with E-state index in [0.717, 1.165) is 31.2 Å². The summed E-state index contributed by atoms with van der Waals surface area (Å²) in [5.41, 5.74) is 0.461. The maximum absolute atomic E-state index is 13.3. The van der Waals surface area contributed by atoms with Crippen molar-refractivity contribution in [3.63, 3.8) is 0 Å². The molecule has 1 fully saturated rings. The molecule has 1 spiro atoms. The predicted molar refractivity (Wildman–Crippen MR) is 67.0 cm³/mol. The van der Waals surface area contributed by atoms with Gasteiger partial charge in [-0.25, -0.2) is 4.39 Å². The van der Waals surface area contributed by atoms with Gasteiger partial charge in [0.25, 0.3) is 0 Å². The molecule has 0 saturated heterocycles. The number of benzene rings is 1. The minimum atomic E-state index is -0.521. The molecule has 0 amide bonds. The van der Waals surface area contributed by atoms with Gasteiger partial charge in [-0.05, 0) is 37.8 Å². The minimum absolute atomic E-state index is 0.267. The molecule has 98 valence electrons. The van der Waals surface area contributed by atoms with Crippen LogP contribution in [0, 0.1) is 5.82 Å². The standard InChI is InChI=1S/C15H19FO2/c16-11-5-6-12-13(17)10-15(18-14(12)9-11)7-3-1-2-4-8-15/h5-6,9,13,17H,1-4,7-8,10H2/t13-/m1/s1. The van der Waals surface area contributed by atoms with Gasteiger partial charge in [0.05, 0.1) is 6.10 Å². The molecule has 0 unspecified atom stereocenters. The highest BCUT2D eigenvalue weighted by molar-refractivity contribution is 5.38. The second-order valence-corrected chi connectivity index (χ2v) is 5.60. The summed E-state index contributed by atoms with van der Waals surface area (Å²) in [6, 6.07) is 4.43. The molecular formula is C15H19FO2. The minimum Gasteiger partial charge on any atom is -0.487 e. The van der Waals surface area contributed by atoms with Crippen LogP contribution < -0.4 is 4.74 Å². The van der Waals surface area contributed by atoms with Crippen molar-refractivity contribution in [2.75, 3.05) is 0 Å². The first kappa shape index (κ1) is 12.0. The Morgan fingerprint density at radius 2 is 1.89 bits per heavy atom. The topological polar surface area (TPSA) is 29.5 Å². The molecule has 3 rings (SSSR count). The molecule has 18 heavy (non-hydrogen) atoms. The zero-order valence-corrected chi connectivity index (χ0v) is 10.5. The molecule has 1 N–H and O–H groups in total. The zero-order valence-electron chi connectivity index (χ0n) is 10.5. The van der Waals surface area contributed by atoms with Crippen molar-refractivity contribution in [2.24, 2.45) is 0 Å². The monoisotopic (exact) mass is 250 g/mol. The predicted octanol–water partition coefficient (Wildman–Crippen LogP) is 3.73. The first-order chi connectivity index (χ1) is 8.69. The number of hydrogen-bond donors (Lipinski definition) is 1. The second kappa shape index (κ2) is 4.54. The molecule has 1 aromatic carbocycles. The van der Waals surface area contributed by atoms with Crippen LogP contribution in [0.25, 0.3) is 0 Å². The fraction of sp³-hybridized carbons (Fsp3) is 0.600. The summed E-state index contributed by atoms with van der Waals surface area (Å²) < 4.78 is 19.4. The Hall–Kier alpha value is -1.09. The second-order valence-electron chi connectivity index (χ2n) is 5.60. The molecule has 0 bridgehead atoms. The third-order valence-corrected chi connectivity index (χ3v) is 4.24. The molecule has 2 nitrogen and oxygen atoms in total. The van der Waals surface area contributed by atoms with E-state index in [0.29, 0.717) is 12.2 Å². The molecule has 3 heteroatoms. The number of hydrogen-bond acceptors (Lipinski definition) is 2. The molecule has 1 heterocycles. The molecule has 1 saturated carbocycles. The largest absolute Gasteiger partial charge is 0.487 e. The van der Waals surface area contributed by atoms with Crippen LogP contribution in [0.15, 0.2) is 18.2 Å². The summed E-state index contributed by atoms with van der Waals surface area (Å²) in [5.74, 6) is 0.238. The van der Waals surface area contributed by atoms with Crippen LogP contribution in [0.4, 0.5) is 4.39 Å². The van der Waals surface area contributed by atoms with E-state index in [1.807, 2.05) is 0 Å². The maximum atomic E-state index is 13.3. The van der Waals surface area contributed by atoms with Gasteiger partial charge >= 0.3 is 0 Å². The van der Waals surface area contributed by atoms with Gasteiger partial charge in [-0.3, -0.25) is 0 Å². The first-order valence-electron chi connectivity index (χ1n) is 6.85. The Labute approximate surface area is 107 Å². The van der Waals surface area contributed by atoms with Crippen LogP contribution in [-0.4, -0.2) is 10.7 Å². The van der Waals surface area contributed by atoms with Gasteiger partial charge in [0.2, 0.25) is 0 Å². The highest BCUT2D eigenvalue weighted by Gasteiger charge is 2.40. The summed E-state index contributed by atoms with van der Waals surface area (Å²) in [7, 11) is 0. The van der Waals surface area contributed by atoms with Crippen LogP contribution in [0.1, 0.15) is 56.6 Å². The maximum Gasteiger partial charge on any atom is 0.128 e. The molecule has 2 aliphatic rings. The van der Waals surface area contributed by atoms with E-state index >= 15 is 0 Å². The van der Waals surface area contributed by atoms with Crippen LogP contribution in [-0.2, 0) is 0 Å². The quantitative estimate of drug-likeness (QED) is 0.760. The highest BCUT2D eigenvalue weighted by atomic mass is 19.1. The average molecular weight is 250 g/mol. The molecular weight excluding hydrogens is 231 g/mol. The van der Waals surface area contributed by atoms with Crippen molar-refractivity contribution < 1.29 is 14.2 Å². The van der Waals surface area contributed by atoms with Crippen LogP contribution in [0.3, 0.4) is 0 Å². The normalized spacial score (nSPS) is 26.2. The van der Waals surface area contributed by atoms with E-state index in [1.165, 1.54) is 25.0 Å². The van der Waals surface area contributed by atoms with E-state index < -0.39 is 6.10 Å². The van der Waals surface area contributed by atoms with Gasteiger partial charge in [-0.15, -0.1) is 0 Å². The molecule has 1 aliphatic heterocycles. The first-order valence-corrected chi connectivity index (χ1v) is 6.85. The van der Waals surface area contributed by atoms with Crippen LogP contribution in [0.2, 0.25) is 0 Å². The van der Waals surface area contributed by atoms with Gasteiger partial charge < -0.3 is 9.84 Å². The fourth-order valence-corrected chi connectivity index (χ4v) is 3.29. The Morgan fingerprint density at radius 3 is 2.61 bits per heavy atom. The van der Waals surface area contributed by atoms with E-state index in [2.05, 4.69) is 0 Å². The number of fused-ring (bicyclic) bond motifs is 1. The lowest BCUT2D eigenvalue weighted by molar-refractivity contribution is -0.0247. The van der Waals surface area contributed by atoms with Crippen molar-refractivity contribution in [3.8, 4) is 5.75 Å². The Kier molecular flexibility index (Phi) is 3.02. The van der Waals surface area contributed by atoms with Gasteiger partial charge in [0.15, 0.2) is 0 Å². The summed E-state index contributed by atoms with van der Waals surface area (Å²) in [6.07, 6.45) is 6.81. The third kappa shape index (κ3) is 2.12. The number of halogens is 1. The van der Waals surface area contributed by atoms with E-state index in [-0.39, 0.29) is 11.4 Å². The number of aliphatic hydroxyl groups is 1. The van der Waals surface area contributed by atoms with Crippen molar-refractivity contribution >= 4 is 0 Å². The van der Waals surface area contributed by atoms with Gasteiger partial charge in [-0.2, -0.15) is 0 Å². The Bertz CT molecular complexity index is 436. The fourth-order valence-electron chi connectivity index (χ4n) is 3.29. The van der Waals surface area contributed by atoms with Crippen molar-refractivity contribution in [1.29, 1.82) is 0 Å². The van der Waals surface area contributed by atoms with Crippen molar-refractivity contribution in [2.45, 2.75) is 56.7 Å². The Morgan fingerprint density at radius 1 is 1.17 bits per heavy atom. The smallest absolute Gasteiger partial charge is 0.128 e. The van der Waals surface area contributed by atoms with Crippen LogP contribution >= 0.6 is 0 Å². The van der Waals surface area contributed by atoms with E-state index in [4.69, 9.17) is 4.74 Å². The lowest BCUT2D eigenvalue weighted by Gasteiger charge is -2.40. The van der Waals surface area contributed by atoms with Gasteiger partial charge in [0, 0.05) is 18.1 Å². The average Bonchev–Trinajstić information content (AvgIpc) is 2.54. The number of rotatable bonds is 0. The highest BCUT2D eigenvalue weighted by Crippen LogP contribution is 2.45. The SMILES string of the molecule is O[C@@H]1CC2(CCCCCC2)Oc2cc(F)ccc21. The summed E-state index contributed by atoms with van der Waals surface area (Å²) in [5, 5.41) is 10.3. The zero-order chi connectivity index (χ0) is 12.6. The lowest BCUT2D eigenvalue weighted by atomic mass is 9.83. The molecule has 1 atom stereocenters. The Balaban J connectivity index is 1.93. The van der Waals surface area contributed by atoms with E-state index in [1.54, 1.807) is 6.07 Å².